The van der Waals surface area contributed by atoms with Crippen LogP contribution >= 0.6 is 23.4 Å². The molecule has 1 aromatic heterocycles. The monoisotopic (exact) mass is 397 g/mol. The fourth-order valence-electron chi connectivity index (χ4n) is 2.52. The zero-order chi connectivity index (χ0) is 19.2. The van der Waals surface area contributed by atoms with E-state index in [1.54, 1.807) is 28.8 Å². The van der Waals surface area contributed by atoms with Crippen LogP contribution in [0.5, 0.6) is 0 Å². The van der Waals surface area contributed by atoms with Crippen molar-refractivity contribution in [2.75, 3.05) is 12.3 Å². The SMILES string of the molecule is C#CCNC(=O)CSc1nc2ccccc2c(=O)n1Cc1ccccc1Cl. The standard InChI is InChI=1S/C20H16ClN3O2S/c1-2-11-22-18(25)13-27-20-23-17-10-6-4-8-15(17)19(26)24(20)12-14-7-3-5-9-16(14)21/h1,3-10H,11-13H2,(H,22,25). The number of nitrogens with zero attached hydrogens (tertiary/aromatic N) is 2. The highest BCUT2D eigenvalue weighted by molar-refractivity contribution is 7.99. The van der Waals surface area contributed by atoms with Crippen molar-refractivity contribution in [1.82, 2.24) is 14.9 Å². The number of benzene rings is 2. The van der Waals surface area contributed by atoms with Crippen LogP contribution in [0.4, 0.5) is 0 Å². The maximum atomic E-state index is 13.0. The molecule has 7 heteroatoms. The fraction of sp³-hybridized carbons (Fsp3) is 0.150. The summed E-state index contributed by atoms with van der Waals surface area (Å²) < 4.78 is 1.54. The lowest BCUT2D eigenvalue weighted by Crippen LogP contribution is -2.27. The van der Waals surface area contributed by atoms with Crippen molar-refractivity contribution in [2.45, 2.75) is 11.7 Å². The summed E-state index contributed by atoms with van der Waals surface area (Å²) in [5, 5.41) is 4.14. The van der Waals surface area contributed by atoms with Crippen molar-refractivity contribution in [3.8, 4) is 12.3 Å². The Balaban J connectivity index is 2.00. The summed E-state index contributed by atoms with van der Waals surface area (Å²) in [6.07, 6.45) is 5.15. The third-order valence-electron chi connectivity index (χ3n) is 3.83. The number of nitrogens with one attached hydrogen (secondary N) is 1. The molecule has 0 aliphatic rings. The van der Waals surface area contributed by atoms with Gasteiger partial charge in [-0.15, -0.1) is 6.42 Å². The molecule has 1 N–H and O–H groups in total. The number of thioether (sulfide) groups is 1. The Kier molecular flexibility index (Phi) is 6.17. The number of hydrogen-bond acceptors (Lipinski definition) is 4. The van der Waals surface area contributed by atoms with Crippen LogP contribution in [0, 0.1) is 12.3 Å². The van der Waals surface area contributed by atoms with E-state index in [0.29, 0.717) is 21.1 Å². The summed E-state index contributed by atoms with van der Waals surface area (Å²) in [6, 6.07) is 14.5. The summed E-state index contributed by atoms with van der Waals surface area (Å²) in [5.41, 5.74) is 1.22. The Morgan fingerprint density at radius 1 is 1.22 bits per heavy atom. The molecule has 136 valence electrons. The van der Waals surface area contributed by atoms with E-state index in [1.165, 1.54) is 11.8 Å². The second-order valence-corrected chi connectivity index (χ2v) is 7.01. The Morgan fingerprint density at radius 2 is 1.96 bits per heavy atom. The van der Waals surface area contributed by atoms with Gasteiger partial charge in [-0.1, -0.05) is 59.6 Å². The van der Waals surface area contributed by atoms with E-state index in [0.717, 1.165) is 5.56 Å². The zero-order valence-corrected chi connectivity index (χ0v) is 15.9. The number of carbonyl (C=O) groups is 1. The molecule has 0 radical (unpaired) electrons. The fourth-order valence-corrected chi connectivity index (χ4v) is 3.55. The molecule has 27 heavy (non-hydrogen) atoms. The third kappa shape index (κ3) is 4.51. The van der Waals surface area contributed by atoms with Gasteiger partial charge < -0.3 is 5.32 Å². The third-order valence-corrected chi connectivity index (χ3v) is 5.18. The van der Waals surface area contributed by atoms with Crippen molar-refractivity contribution in [1.29, 1.82) is 0 Å². The van der Waals surface area contributed by atoms with E-state index < -0.39 is 0 Å². The summed E-state index contributed by atoms with van der Waals surface area (Å²) in [6.45, 7) is 0.432. The molecule has 5 nitrogen and oxygen atoms in total. The van der Waals surface area contributed by atoms with E-state index in [2.05, 4.69) is 16.2 Å². The second-order valence-electron chi connectivity index (χ2n) is 5.66. The molecule has 0 saturated heterocycles. The highest BCUT2D eigenvalue weighted by atomic mass is 35.5. The molecule has 3 aromatic rings. The van der Waals surface area contributed by atoms with E-state index in [4.69, 9.17) is 18.0 Å². The molecule has 3 rings (SSSR count). The van der Waals surface area contributed by atoms with Gasteiger partial charge in [-0.2, -0.15) is 0 Å². The number of rotatable bonds is 6. The average Bonchev–Trinajstić information content (AvgIpc) is 2.68. The number of terminal acetylenes is 1. The molecule has 1 amide bonds. The lowest BCUT2D eigenvalue weighted by molar-refractivity contribution is -0.118. The van der Waals surface area contributed by atoms with Crippen LogP contribution in [0.1, 0.15) is 5.56 Å². The first-order chi connectivity index (χ1) is 13.1. The number of aromatic nitrogens is 2. The predicted molar refractivity (Wildman–Crippen MR) is 109 cm³/mol. The van der Waals surface area contributed by atoms with Crippen molar-refractivity contribution in [3.05, 3.63) is 69.5 Å². The van der Waals surface area contributed by atoms with Gasteiger partial charge in [-0.25, -0.2) is 4.98 Å². The first-order valence-electron chi connectivity index (χ1n) is 8.16. The first-order valence-corrected chi connectivity index (χ1v) is 9.52. The highest BCUT2D eigenvalue weighted by Gasteiger charge is 2.14. The lowest BCUT2D eigenvalue weighted by Gasteiger charge is -2.14. The predicted octanol–water partition coefficient (Wildman–Crippen LogP) is 2.94. The molecule has 0 unspecified atom stereocenters. The Morgan fingerprint density at radius 3 is 2.74 bits per heavy atom. The van der Waals surface area contributed by atoms with Gasteiger partial charge in [0.15, 0.2) is 5.16 Å². The van der Waals surface area contributed by atoms with Gasteiger partial charge in [0, 0.05) is 5.02 Å². The molecule has 0 saturated carbocycles. The van der Waals surface area contributed by atoms with Crippen LogP contribution in [0.2, 0.25) is 5.02 Å². The quantitative estimate of drug-likeness (QED) is 0.394. The van der Waals surface area contributed by atoms with Gasteiger partial charge >= 0.3 is 0 Å². The van der Waals surface area contributed by atoms with Gasteiger partial charge in [0.1, 0.15) is 0 Å². The number of hydrogen-bond donors (Lipinski definition) is 1. The normalized spacial score (nSPS) is 10.5. The summed E-state index contributed by atoms with van der Waals surface area (Å²) in [5.74, 6) is 2.24. The van der Waals surface area contributed by atoms with E-state index in [-0.39, 0.29) is 30.3 Å². The van der Waals surface area contributed by atoms with Crippen LogP contribution < -0.4 is 10.9 Å². The van der Waals surface area contributed by atoms with Crippen LogP contribution in [0.3, 0.4) is 0 Å². The second kappa shape index (κ2) is 8.76. The van der Waals surface area contributed by atoms with Crippen LogP contribution in [-0.4, -0.2) is 27.8 Å². The van der Waals surface area contributed by atoms with Crippen LogP contribution in [-0.2, 0) is 11.3 Å². The van der Waals surface area contributed by atoms with Gasteiger partial charge in [-0.05, 0) is 23.8 Å². The minimum atomic E-state index is -0.218. The van der Waals surface area contributed by atoms with Crippen molar-refractivity contribution in [3.63, 3.8) is 0 Å². The van der Waals surface area contributed by atoms with Gasteiger partial charge in [-0.3, -0.25) is 14.2 Å². The minimum Gasteiger partial charge on any atom is -0.344 e. The molecule has 0 fully saturated rings. The topological polar surface area (TPSA) is 64.0 Å². The molecule has 1 heterocycles. The van der Waals surface area contributed by atoms with E-state index in [1.807, 2.05) is 24.3 Å². The van der Waals surface area contributed by atoms with Crippen molar-refractivity contribution >= 4 is 40.2 Å². The molecule has 0 aliphatic heterocycles. The molecule has 2 aromatic carbocycles. The van der Waals surface area contributed by atoms with Crippen molar-refractivity contribution < 1.29 is 4.79 Å². The number of amides is 1. The van der Waals surface area contributed by atoms with E-state index in [9.17, 15) is 9.59 Å². The lowest BCUT2D eigenvalue weighted by atomic mass is 10.2. The smallest absolute Gasteiger partial charge is 0.262 e. The van der Waals surface area contributed by atoms with E-state index >= 15 is 0 Å². The molecule has 0 bridgehead atoms. The maximum absolute atomic E-state index is 13.0. The molecule has 0 aliphatic carbocycles. The highest BCUT2D eigenvalue weighted by Crippen LogP contribution is 2.21. The zero-order valence-electron chi connectivity index (χ0n) is 14.3. The molecule has 0 atom stereocenters. The summed E-state index contributed by atoms with van der Waals surface area (Å²) >= 11 is 7.44. The Hall–Kier alpha value is -2.75. The number of para-hydroxylation sites is 1. The molecular formula is C20H16ClN3O2S. The first kappa shape index (κ1) is 19.0. The Labute approximate surface area is 165 Å². The van der Waals surface area contributed by atoms with Gasteiger partial charge in [0.05, 0.1) is 29.7 Å². The largest absolute Gasteiger partial charge is 0.344 e. The number of carbonyl (C=O) groups excluding carboxylic acids is 1. The van der Waals surface area contributed by atoms with Crippen LogP contribution in [0.15, 0.2) is 58.5 Å². The number of halogens is 1. The maximum Gasteiger partial charge on any atom is 0.262 e. The minimum absolute atomic E-state index is 0.106. The number of fused-ring (bicyclic) bond motifs is 1. The van der Waals surface area contributed by atoms with Crippen LogP contribution in [0.25, 0.3) is 10.9 Å². The van der Waals surface area contributed by atoms with Crippen molar-refractivity contribution in [2.24, 2.45) is 0 Å². The summed E-state index contributed by atoms with van der Waals surface area (Å²) in [7, 11) is 0. The molecular weight excluding hydrogens is 382 g/mol. The average molecular weight is 398 g/mol. The Bertz CT molecular complexity index is 1090. The molecule has 0 spiro atoms. The van der Waals surface area contributed by atoms with Gasteiger partial charge in [0.2, 0.25) is 5.91 Å². The summed E-state index contributed by atoms with van der Waals surface area (Å²) in [4.78, 5) is 29.5. The van der Waals surface area contributed by atoms with Gasteiger partial charge in [0.25, 0.3) is 5.56 Å².